The van der Waals surface area contributed by atoms with Crippen molar-refractivity contribution in [3.63, 3.8) is 0 Å². The highest BCUT2D eigenvalue weighted by atomic mass is 32.2. The molecule has 0 atom stereocenters. The predicted molar refractivity (Wildman–Crippen MR) is 120 cm³/mol. The van der Waals surface area contributed by atoms with Gasteiger partial charge in [-0.2, -0.15) is 0 Å². The quantitative estimate of drug-likeness (QED) is 0.428. The van der Waals surface area contributed by atoms with Gasteiger partial charge in [0.05, 0.1) is 16.7 Å². The number of rotatable bonds is 8. The Morgan fingerprint density at radius 1 is 1.10 bits per heavy atom. The van der Waals surface area contributed by atoms with Gasteiger partial charge in [0.15, 0.2) is 5.16 Å². The van der Waals surface area contributed by atoms with Crippen molar-refractivity contribution in [1.82, 2.24) is 14.9 Å². The Bertz CT molecular complexity index is 1130. The first kappa shape index (κ1) is 21.6. The number of thioether (sulfide) groups is 1. The summed E-state index contributed by atoms with van der Waals surface area (Å²) < 4.78 is 1.51. The number of amides is 2. The van der Waals surface area contributed by atoms with Crippen molar-refractivity contribution >= 4 is 40.2 Å². The molecule has 0 bridgehead atoms. The third kappa shape index (κ3) is 5.27. The van der Waals surface area contributed by atoms with Gasteiger partial charge in [0.2, 0.25) is 11.8 Å². The second kappa shape index (κ2) is 10.1. The van der Waals surface area contributed by atoms with Crippen LogP contribution in [0.25, 0.3) is 10.9 Å². The number of aromatic nitrogens is 2. The van der Waals surface area contributed by atoms with Crippen molar-refractivity contribution in [2.24, 2.45) is 0 Å². The number of fused-ring (bicyclic) bond motifs is 1. The molecule has 1 heterocycles. The van der Waals surface area contributed by atoms with E-state index in [0.717, 1.165) is 17.7 Å². The molecule has 0 spiro atoms. The number of carbonyl (C=O) groups excluding carboxylic acids is 2. The molecule has 3 aromatic rings. The van der Waals surface area contributed by atoms with Crippen LogP contribution in [0.1, 0.15) is 19.4 Å². The topological polar surface area (TPSA) is 93.1 Å². The van der Waals surface area contributed by atoms with Crippen LogP contribution in [-0.4, -0.2) is 33.7 Å². The molecular formula is C22H24N4O3S. The molecule has 0 saturated carbocycles. The molecule has 0 saturated heterocycles. The van der Waals surface area contributed by atoms with Crippen molar-refractivity contribution in [1.29, 1.82) is 0 Å². The van der Waals surface area contributed by atoms with Crippen molar-refractivity contribution in [3.05, 3.63) is 64.4 Å². The van der Waals surface area contributed by atoms with Crippen LogP contribution in [-0.2, 0) is 22.6 Å². The van der Waals surface area contributed by atoms with Crippen LogP contribution < -0.4 is 16.2 Å². The summed E-state index contributed by atoms with van der Waals surface area (Å²) in [6, 6.07) is 14.8. The molecule has 0 fully saturated rings. The van der Waals surface area contributed by atoms with Gasteiger partial charge in [-0.25, -0.2) is 4.98 Å². The maximum atomic E-state index is 12.9. The van der Waals surface area contributed by atoms with E-state index in [9.17, 15) is 14.4 Å². The molecule has 7 nitrogen and oxygen atoms in total. The zero-order valence-electron chi connectivity index (χ0n) is 17.0. The van der Waals surface area contributed by atoms with Crippen LogP contribution in [0.2, 0.25) is 0 Å². The molecular weight excluding hydrogens is 400 g/mol. The zero-order chi connectivity index (χ0) is 21.5. The van der Waals surface area contributed by atoms with E-state index >= 15 is 0 Å². The summed E-state index contributed by atoms with van der Waals surface area (Å²) in [5.74, 6) is -0.222. The maximum Gasteiger partial charge on any atom is 0.262 e. The van der Waals surface area contributed by atoms with Gasteiger partial charge in [-0.1, -0.05) is 49.0 Å². The van der Waals surface area contributed by atoms with Gasteiger partial charge in [-0.15, -0.1) is 0 Å². The molecule has 30 heavy (non-hydrogen) atoms. The fraction of sp³-hybridized carbons (Fsp3) is 0.273. The summed E-state index contributed by atoms with van der Waals surface area (Å²) >= 11 is 1.20. The monoisotopic (exact) mass is 424 g/mol. The van der Waals surface area contributed by atoms with E-state index in [4.69, 9.17) is 0 Å². The summed E-state index contributed by atoms with van der Waals surface area (Å²) in [6.45, 7) is 4.04. The predicted octanol–water partition coefficient (Wildman–Crippen LogP) is 2.83. The molecule has 8 heteroatoms. The summed E-state index contributed by atoms with van der Waals surface area (Å²) in [5.41, 5.74) is 2.25. The molecule has 0 unspecified atom stereocenters. The minimum Gasteiger partial charge on any atom is -0.355 e. The molecule has 2 amide bonds. The molecule has 0 aliphatic rings. The third-order valence-electron chi connectivity index (χ3n) is 4.54. The Morgan fingerprint density at radius 2 is 1.83 bits per heavy atom. The first-order chi connectivity index (χ1) is 14.5. The Labute approximate surface area is 178 Å². The van der Waals surface area contributed by atoms with E-state index in [-0.39, 0.29) is 29.7 Å². The fourth-order valence-electron chi connectivity index (χ4n) is 3.07. The standard InChI is InChI=1S/C22H24N4O3S/c1-3-16-8-4-6-10-18(16)24-20(28)14-30-22-25-19-11-7-5-9-17(19)21(29)26(22)13-12-23-15(2)27/h4-11H,3,12-14H2,1-2H3,(H,23,27)(H,24,28). The Hall–Kier alpha value is -3.13. The van der Waals surface area contributed by atoms with Crippen LogP contribution >= 0.6 is 11.8 Å². The van der Waals surface area contributed by atoms with Crippen LogP contribution in [0.5, 0.6) is 0 Å². The van der Waals surface area contributed by atoms with Crippen molar-refractivity contribution in [2.45, 2.75) is 32.0 Å². The number of nitrogens with one attached hydrogen (secondary N) is 2. The first-order valence-electron chi connectivity index (χ1n) is 9.74. The summed E-state index contributed by atoms with van der Waals surface area (Å²) in [7, 11) is 0. The van der Waals surface area contributed by atoms with Gasteiger partial charge in [0.25, 0.3) is 5.56 Å². The van der Waals surface area contributed by atoms with Gasteiger partial charge in [-0.05, 0) is 30.2 Å². The van der Waals surface area contributed by atoms with Crippen LogP contribution in [0.15, 0.2) is 58.5 Å². The number of aryl methyl sites for hydroxylation is 1. The molecule has 156 valence electrons. The van der Waals surface area contributed by atoms with Crippen LogP contribution in [0, 0.1) is 0 Å². The van der Waals surface area contributed by atoms with Gasteiger partial charge in [0, 0.05) is 25.7 Å². The Balaban J connectivity index is 1.80. The second-order valence-corrected chi connectivity index (χ2v) is 7.64. The first-order valence-corrected chi connectivity index (χ1v) is 10.7. The van der Waals surface area contributed by atoms with Crippen molar-refractivity contribution < 1.29 is 9.59 Å². The largest absolute Gasteiger partial charge is 0.355 e. The van der Waals surface area contributed by atoms with E-state index in [0.29, 0.717) is 22.6 Å². The van der Waals surface area contributed by atoms with Gasteiger partial charge >= 0.3 is 0 Å². The number of carbonyl (C=O) groups is 2. The lowest BCUT2D eigenvalue weighted by atomic mass is 10.1. The van der Waals surface area contributed by atoms with E-state index < -0.39 is 0 Å². The van der Waals surface area contributed by atoms with Gasteiger partial charge in [0.1, 0.15) is 0 Å². The summed E-state index contributed by atoms with van der Waals surface area (Å²) in [6.07, 6.45) is 0.818. The normalized spacial score (nSPS) is 10.7. The Kier molecular flexibility index (Phi) is 7.24. The average Bonchev–Trinajstić information content (AvgIpc) is 2.74. The highest BCUT2D eigenvalue weighted by Gasteiger charge is 2.14. The molecule has 2 N–H and O–H groups in total. The number of para-hydroxylation sites is 2. The lowest BCUT2D eigenvalue weighted by Crippen LogP contribution is -2.31. The van der Waals surface area contributed by atoms with E-state index in [1.165, 1.54) is 23.3 Å². The van der Waals surface area contributed by atoms with Crippen molar-refractivity contribution in [3.8, 4) is 0 Å². The summed E-state index contributed by atoms with van der Waals surface area (Å²) in [5, 5.41) is 6.57. The minimum atomic E-state index is -0.190. The van der Waals surface area contributed by atoms with Gasteiger partial charge in [-0.3, -0.25) is 19.0 Å². The number of hydrogen-bond acceptors (Lipinski definition) is 5. The lowest BCUT2D eigenvalue weighted by molar-refractivity contribution is -0.119. The minimum absolute atomic E-state index is 0.114. The van der Waals surface area contributed by atoms with Crippen LogP contribution in [0.4, 0.5) is 5.69 Å². The second-order valence-electron chi connectivity index (χ2n) is 6.70. The molecule has 0 aliphatic heterocycles. The maximum absolute atomic E-state index is 12.9. The number of nitrogens with zero attached hydrogens (tertiary/aromatic N) is 2. The lowest BCUT2D eigenvalue weighted by Gasteiger charge is -2.14. The molecule has 2 aromatic carbocycles. The average molecular weight is 425 g/mol. The van der Waals surface area contributed by atoms with Gasteiger partial charge < -0.3 is 10.6 Å². The number of anilines is 1. The van der Waals surface area contributed by atoms with E-state index in [1.807, 2.05) is 37.3 Å². The van der Waals surface area contributed by atoms with Crippen molar-refractivity contribution in [2.75, 3.05) is 17.6 Å². The number of benzene rings is 2. The Morgan fingerprint density at radius 3 is 2.60 bits per heavy atom. The zero-order valence-corrected chi connectivity index (χ0v) is 17.8. The molecule has 1 aromatic heterocycles. The van der Waals surface area contributed by atoms with Crippen LogP contribution in [0.3, 0.4) is 0 Å². The summed E-state index contributed by atoms with van der Waals surface area (Å²) in [4.78, 5) is 41.2. The highest BCUT2D eigenvalue weighted by molar-refractivity contribution is 7.99. The smallest absolute Gasteiger partial charge is 0.262 e. The molecule has 0 radical (unpaired) electrons. The third-order valence-corrected chi connectivity index (χ3v) is 5.52. The highest BCUT2D eigenvalue weighted by Crippen LogP contribution is 2.20. The molecule has 0 aliphatic carbocycles. The van der Waals surface area contributed by atoms with E-state index in [2.05, 4.69) is 15.6 Å². The SMILES string of the molecule is CCc1ccccc1NC(=O)CSc1nc2ccccc2c(=O)n1CCNC(C)=O. The van der Waals surface area contributed by atoms with E-state index in [1.54, 1.807) is 18.2 Å². The number of hydrogen-bond donors (Lipinski definition) is 2. The fourth-order valence-corrected chi connectivity index (χ4v) is 3.89. The molecule has 3 rings (SSSR count).